The van der Waals surface area contributed by atoms with E-state index in [1.807, 2.05) is 48.5 Å². The van der Waals surface area contributed by atoms with E-state index in [9.17, 15) is 4.79 Å². The maximum atomic E-state index is 12.4. The van der Waals surface area contributed by atoms with Crippen molar-refractivity contribution in [3.8, 4) is 5.75 Å². The number of amides is 1. The molecule has 0 fully saturated rings. The molecule has 0 aliphatic carbocycles. The molecule has 5 nitrogen and oxygen atoms in total. The number of carbonyl (C=O) groups is 1. The lowest BCUT2D eigenvalue weighted by molar-refractivity contribution is -0.119. The molecule has 2 aromatic carbocycles. The average Bonchev–Trinajstić information content (AvgIpc) is 3.14. The minimum atomic E-state index is 0.00510. The molecular formula is C21H25N3O2S. The number of fused-ring (bicyclic) bond motifs is 1. The Morgan fingerprint density at radius 1 is 1.22 bits per heavy atom. The minimum absolute atomic E-state index is 0.00510. The van der Waals surface area contributed by atoms with Gasteiger partial charge in [-0.3, -0.25) is 4.79 Å². The van der Waals surface area contributed by atoms with Gasteiger partial charge in [-0.2, -0.15) is 0 Å². The lowest BCUT2D eigenvalue weighted by Crippen LogP contribution is -2.29. The highest BCUT2D eigenvalue weighted by molar-refractivity contribution is 8.00. The molecule has 2 unspecified atom stereocenters. The number of carbonyl (C=O) groups excluding carboxylic acids is 1. The molecule has 27 heavy (non-hydrogen) atoms. The summed E-state index contributed by atoms with van der Waals surface area (Å²) in [6.45, 7) is 4.13. The number of imidazole rings is 1. The zero-order chi connectivity index (χ0) is 19.2. The summed E-state index contributed by atoms with van der Waals surface area (Å²) in [6, 6.07) is 15.8. The van der Waals surface area contributed by atoms with Gasteiger partial charge < -0.3 is 15.0 Å². The van der Waals surface area contributed by atoms with Gasteiger partial charge in [0.2, 0.25) is 5.91 Å². The molecule has 0 aliphatic rings. The number of para-hydroxylation sites is 2. The van der Waals surface area contributed by atoms with E-state index in [-0.39, 0.29) is 17.2 Å². The van der Waals surface area contributed by atoms with Gasteiger partial charge in [0.1, 0.15) is 11.6 Å². The van der Waals surface area contributed by atoms with Crippen molar-refractivity contribution in [2.75, 3.05) is 12.9 Å². The van der Waals surface area contributed by atoms with Crippen molar-refractivity contribution in [3.63, 3.8) is 0 Å². The van der Waals surface area contributed by atoms with Crippen molar-refractivity contribution < 1.29 is 9.53 Å². The number of hydrogen-bond acceptors (Lipinski definition) is 4. The van der Waals surface area contributed by atoms with Crippen molar-refractivity contribution in [1.29, 1.82) is 0 Å². The van der Waals surface area contributed by atoms with Crippen LogP contribution in [0.1, 0.15) is 42.9 Å². The normalized spacial score (nSPS) is 13.3. The highest BCUT2D eigenvalue weighted by atomic mass is 32.2. The fourth-order valence-electron chi connectivity index (χ4n) is 2.94. The van der Waals surface area contributed by atoms with Gasteiger partial charge in [-0.05, 0) is 43.2 Å². The Bertz CT molecular complexity index is 859. The van der Waals surface area contributed by atoms with E-state index in [1.54, 1.807) is 18.9 Å². The number of methoxy groups -OCH3 is 1. The Balaban J connectivity index is 1.55. The molecule has 142 valence electrons. The molecule has 3 aromatic rings. The van der Waals surface area contributed by atoms with Gasteiger partial charge in [-0.25, -0.2) is 4.98 Å². The van der Waals surface area contributed by atoms with Crippen LogP contribution in [0.5, 0.6) is 5.75 Å². The van der Waals surface area contributed by atoms with Crippen LogP contribution in [0.15, 0.2) is 48.5 Å². The second-order valence-corrected chi connectivity index (χ2v) is 7.72. The standard InChI is InChI=1S/C21H25N3O2S/c1-4-17(15-9-11-16(26-3)12-10-15)22-20(25)13-27-14(2)21-23-18-7-5-6-8-19(18)24-21/h5-12,14,17H,4,13H2,1-3H3,(H,22,25)(H,23,24). The number of aromatic amines is 1. The Morgan fingerprint density at radius 3 is 2.63 bits per heavy atom. The number of nitrogens with one attached hydrogen (secondary N) is 2. The van der Waals surface area contributed by atoms with E-state index in [0.717, 1.165) is 34.6 Å². The molecule has 3 rings (SSSR count). The van der Waals surface area contributed by atoms with Gasteiger partial charge in [0.25, 0.3) is 0 Å². The average molecular weight is 384 g/mol. The van der Waals surface area contributed by atoms with Gasteiger partial charge in [-0.15, -0.1) is 11.8 Å². The number of thioether (sulfide) groups is 1. The van der Waals surface area contributed by atoms with Crippen molar-refractivity contribution in [2.45, 2.75) is 31.6 Å². The topological polar surface area (TPSA) is 67.0 Å². The first-order valence-corrected chi connectivity index (χ1v) is 10.1. The number of aromatic nitrogens is 2. The summed E-state index contributed by atoms with van der Waals surface area (Å²) < 4.78 is 5.19. The molecule has 6 heteroatoms. The van der Waals surface area contributed by atoms with Crippen molar-refractivity contribution in [2.24, 2.45) is 0 Å². The summed E-state index contributed by atoms with van der Waals surface area (Å²) in [7, 11) is 1.65. The minimum Gasteiger partial charge on any atom is -0.497 e. The second kappa shape index (κ2) is 8.95. The summed E-state index contributed by atoms with van der Waals surface area (Å²) in [5.41, 5.74) is 3.06. The van der Waals surface area contributed by atoms with E-state index < -0.39 is 0 Å². The maximum Gasteiger partial charge on any atom is 0.230 e. The second-order valence-electron chi connectivity index (χ2n) is 6.39. The lowest BCUT2D eigenvalue weighted by atomic mass is 10.0. The van der Waals surface area contributed by atoms with Crippen LogP contribution in [-0.4, -0.2) is 28.7 Å². The summed E-state index contributed by atoms with van der Waals surface area (Å²) >= 11 is 1.58. The summed E-state index contributed by atoms with van der Waals surface area (Å²) in [5.74, 6) is 2.14. The van der Waals surface area contributed by atoms with Crippen LogP contribution in [0.25, 0.3) is 11.0 Å². The molecule has 1 heterocycles. The molecule has 0 saturated carbocycles. The van der Waals surface area contributed by atoms with Gasteiger partial charge in [-0.1, -0.05) is 31.2 Å². The lowest BCUT2D eigenvalue weighted by Gasteiger charge is -2.18. The third kappa shape index (κ3) is 4.83. The Hall–Kier alpha value is -2.47. The van der Waals surface area contributed by atoms with Crippen LogP contribution in [0.3, 0.4) is 0 Å². The molecule has 1 amide bonds. The zero-order valence-corrected chi connectivity index (χ0v) is 16.7. The first kappa shape index (κ1) is 19.3. The number of benzene rings is 2. The van der Waals surface area contributed by atoms with Crippen molar-refractivity contribution >= 4 is 28.7 Å². The largest absolute Gasteiger partial charge is 0.497 e. The molecule has 0 radical (unpaired) electrons. The van der Waals surface area contributed by atoms with E-state index in [4.69, 9.17) is 4.74 Å². The number of ether oxygens (including phenoxy) is 1. The zero-order valence-electron chi connectivity index (χ0n) is 15.9. The smallest absolute Gasteiger partial charge is 0.230 e. The first-order valence-electron chi connectivity index (χ1n) is 9.10. The monoisotopic (exact) mass is 383 g/mol. The van der Waals surface area contributed by atoms with Crippen LogP contribution in [0.2, 0.25) is 0 Å². The van der Waals surface area contributed by atoms with Crippen molar-refractivity contribution in [1.82, 2.24) is 15.3 Å². The van der Waals surface area contributed by atoms with E-state index in [2.05, 4.69) is 29.1 Å². The Labute approximate surface area is 163 Å². The number of H-pyrrole nitrogens is 1. The molecule has 2 N–H and O–H groups in total. The van der Waals surface area contributed by atoms with Gasteiger partial charge in [0.15, 0.2) is 0 Å². The van der Waals surface area contributed by atoms with E-state index in [1.165, 1.54) is 0 Å². The molecular weight excluding hydrogens is 358 g/mol. The Morgan fingerprint density at radius 2 is 1.96 bits per heavy atom. The maximum absolute atomic E-state index is 12.4. The predicted molar refractivity (Wildman–Crippen MR) is 111 cm³/mol. The van der Waals surface area contributed by atoms with Gasteiger partial charge in [0, 0.05) is 0 Å². The Kier molecular flexibility index (Phi) is 6.40. The number of nitrogens with zero attached hydrogens (tertiary/aromatic N) is 1. The molecule has 0 saturated heterocycles. The van der Waals surface area contributed by atoms with Crippen LogP contribution < -0.4 is 10.1 Å². The summed E-state index contributed by atoms with van der Waals surface area (Å²) in [4.78, 5) is 20.4. The predicted octanol–water partition coefficient (Wildman–Crippen LogP) is 4.63. The first-order chi connectivity index (χ1) is 13.1. The van der Waals surface area contributed by atoms with Crippen molar-refractivity contribution in [3.05, 3.63) is 59.9 Å². The van der Waals surface area contributed by atoms with Crippen LogP contribution >= 0.6 is 11.8 Å². The van der Waals surface area contributed by atoms with Crippen LogP contribution in [0, 0.1) is 0 Å². The number of rotatable bonds is 8. The highest BCUT2D eigenvalue weighted by Crippen LogP contribution is 2.28. The van der Waals surface area contributed by atoms with Gasteiger partial charge >= 0.3 is 0 Å². The summed E-state index contributed by atoms with van der Waals surface area (Å²) in [5, 5.41) is 3.24. The molecule has 2 atom stereocenters. The fraction of sp³-hybridized carbons (Fsp3) is 0.333. The molecule has 0 bridgehead atoms. The molecule has 0 spiro atoms. The van der Waals surface area contributed by atoms with E-state index >= 15 is 0 Å². The van der Waals surface area contributed by atoms with Crippen LogP contribution in [0.4, 0.5) is 0 Å². The number of hydrogen-bond donors (Lipinski definition) is 2. The highest BCUT2D eigenvalue weighted by Gasteiger charge is 2.16. The SMILES string of the molecule is CCC(NC(=O)CSC(C)c1nc2ccccc2[nH]1)c1ccc(OC)cc1. The quantitative estimate of drug-likeness (QED) is 0.595. The summed E-state index contributed by atoms with van der Waals surface area (Å²) in [6.07, 6.45) is 0.835. The third-order valence-electron chi connectivity index (χ3n) is 4.52. The third-order valence-corrected chi connectivity index (χ3v) is 5.67. The van der Waals surface area contributed by atoms with Gasteiger partial charge in [0.05, 0.1) is 35.2 Å². The molecule has 0 aliphatic heterocycles. The fourth-order valence-corrected chi connectivity index (χ4v) is 3.69. The molecule has 1 aromatic heterocycles. The van der Waals surface area contributed by atoms with Crippen LogP contribution in [-0.2, 0) is 4.79 Å². The van der Waals surface area contributed by atoms with E-state index in [0.29, 0.717) is 5.75 Å².